The van der Waals surface area contributed by atoms with Gasteiger partial charge in [-0.1, -0.05) is 0 Å². The van der Waals surface area contributed by atoms with E-state index >= 15 is 0 Å². The molecular weight excluding hydrogens is 413 g/mol. The number of urea groups is 1. The first-order chi connectivity index (χ1) is 15.3. The van der Waals surface area contributed by atoms with E-state index in [-0.39, 0.29) is 23.4 Å². The third-order valence-corrected chi connectivity index (χ3v) is 7.20. The first-order valence-electron chi connectivity index (χ1n) is 11.6. The Morgan fingerprint density at radius 3 is 2.53 bits per heavy atom. The van der Waals surface area contributed by atoms with Gasteiger partial charge in [0.1, 0.15) is 11.6 Å². The van der Waals surface area contributed by atoms with Crippen molar-refractivity contribution in [2.45, 2.75) is 38.0 Å². The SMILES string of the molecule is CCOC(=O)N1CCC(CN2CCC3(CC2)CN(C(=O)N(C)C)c2ncc(F)cc23)CC1. The molecule has 2 fully saturated rings. The van der Waals surface area contributed by atoms with Crippen molar-refractivity contribution in [3.63, 3.8) is 0 Å². The second-order valence-corrected chi connectivity index (χ2v) is 9.50. The number of nitrogens with zero attached hydrogens (tertiary/aromatic N) is 5. The minimum atomic E-state index is -0.349. The van der Waals surface area contributed by atoms with Crippen LogP contribution in [0.2, 0.25) is 0 Å². The van der Waals surface area contributed by atoms with Gasteiger partial charge in [-0.05, 0) is 57.7 Å². The molecule has 1 aromatic rings. The number of aromatic nitrogens is 1. The number of hydrogen-bond acceptors (Lipinski definition) is 5. The van der Waals surface area contributed by atoms with E-state index in [1.807, 2.05) is 6.92 Å². The van der Waals surface area contributed by atoms with Crippen LogP contribution < -0.4 is 4.90 Å². The predicted molar refractivity (Wildman–Crippen MR) is 119 cm³/mol. The Bertz CT molecular complexity index is 848. The number of fused-ring (bicyclic) bond motifs is 2. The summed E-state index contributed by atoms with van der Waals surface area (Å²) in [6, 6.07) is 1.46. The Morgan fingerprint density at radius 2 is 1.91 bits per heavy atom. The zero-order chi connectivity index (χ0) is 22.9. The zero-order valence-electron chi connectivity index (χ0n) is 19.3. The molecule has 9 heteroatoms. The number of halogens is 1. The van der Waals surface area contributed by atoms with Crippen LogP contribution in [0.3, 0.4) is 0 Å². The highest BCUT2D eigenvalue weighted by molar-refractivity contribution is 5.93. The number of hydrogen-bond donors (Lipinski definition) is 0. The molecule has 0 aliphatic carbocycles. The van der Waals surface area contributed by atoms with Gasteiger partial charge in [0, 0.05) is 51.3 Å². The summed E-state index contributed by atoms with van der Waals surface area (Å²) in [7, 11) is 3.46. The summed E-state index contributed by atoms with van der Waals surface area (Å²) in [5, 5.41) is 0. The molecule has 3 aliphatic heterocycles. The topological polar surface area (TPSA) is 69.2 Å². The molecule has 0 saturated carbocycles. The molecule has 4 heterocycles. The maximum atomic E-state index is 14.1. The second kappa shape index (κ2) is 9.21. The molecule has 176 valence electrons. The molecule has 4 rings (SSSR count). The van der Waals surface area contributed by atoms with Gasteiger partial charge in [0.25, 0.3) is 0 Å². The number of amides is 3. The van der Waals surface area contributed by atoms with Crippen LogP contribution in [0.25, 0.3) is 0 Å². The van der Waals surface area contributed by atoms with E-state index in [4.69, 9.17) is 4.74 Å². The molecule has 0 N–H and O–H groups in total. The normalized spacial score (nSPS) is 21.0. The highest BCUT2D eigenvalue weighted by Gasteiger charge is 2.48. The van der Waals surface area contributed by atoms with Crippen LogP contribution in [0.4, 0.5) is 19.8 Å². The van der Waals surface area contributed by atoms with E-state index in [1.165, 1.54) is 6.20 Å². The number of ether oxygens (including phenoxy) is 1. The fourth-order valence-corrected chi connectivity index (χ4v) is 5.37. The number of pyridine rings is 1. The third-order valence-electron chi connectivity index (χ3n) is 7.20. The van der Waals surface area contributed by atoms with Gasteiger partial charge in [0.2, 0.25) is 0 Å². The molecule has 3 amide bonds. The van der Waals surface area contributed by atoms with Crippen LogP contribution in [-0.2, 0) is 10.2 Å². The quantitative estimate of drug-likeness (QED) is 0.713. The van der Waals surface area contributed by atoms with Crippen molar-refractivity contribution in [2.24, 2.45) is 5.92 Å². The predicted octanol–water partition coefficient (Wildman–Crippen LogP) is 2.92. The van der Waals surface area contributed by atoms with Crippen molar-refractivity contribution >= 4 is 17.9 Å². The Balaban J connectivity index is 1.37. The maximum Gasteiger partial charge on any atom is 0.409 e. The average molecular weight is 448 g/mol. The first-order valence-corrected chi connectivity index (χ1v) is 11.6. The molecule has 0 radical (unpaired) electrons. The van der Waals surface area contributed by atoms with Crippen molar-refractivity contribution < 1.29 is 18.7 Å². The Kier molecular flexibility index (Phi) is 6.55. The first kappa shape index (κ1) is 22.8. The summed E-state index contributed by atoms with van der Waals surface area (Å²) in [5.41, 5.74) is 0.634. The largest absolute Gasteiger partial charge is 0.450 e. The lowest BCUT2D eigenvalue weighted by Crippen LogP contribution is -2.49. The molecule has 1 spiro atoms. The lowest BCUT2D eigenvalue weighted by molar-refractivity contribution is 0.0798. The third kappa shape index (κ3) is 4.40. The monoisotopic (exact) mass is 447 g/mol. The van der Waals surface area contributed by atoms with Gasteiger partial charge in [-0.15, -0.1) is 0 Å². The van der Waals surface area contributed by atoms with E-state index in [9.17, 15) is 14.0 Å². The van der Waals surface area contributed by atoms with Gasteiger partial charge in [-0.25, -0.2) is 19.0 Å². The van der Waals surface area contributed by atoms with Gasteiger partial charge < -0.3 is 19.4 Å². The summed E-state index contributed by atoms with van der Waals surface area (Å²) in [5.74, 6) is 0.819. The molecule has 0 aromatic carbocycles. The van der Waals surface area contributed by atoms with E-state index in [0.29, 0.717) is 24.9 Å². The van der Waals surface area contributed by atoms with Crippen molar-refractivity contribution in [3.05, 3.63) is 23.6 Å². The van der Waals surface area contributed by atoms with Crippen LogP contribution in [-0.4, -0.2) is 91.8 Å². The number of carbonyl (C=O) groups excluding carboxylic acids is 2. The van der Waals surface area contributed by atoms with E-state index in [2.05, 4.69) is 9.88 Å². The molecule has 32 heavy (non-hydrogen) atoms. The number of carbonyl (C=O) groups is 2. The van der Waals surface area contributed by atoms with Gasteiger partial charge in [-0.3, -0.25) is 4.90 Å². The highest BCUT2D eigenvalue weighted by Crippen LogP contribution is 2.46. The van der Waals surface area contributed by atoms with Crippen LogP contribution in [0.15, 0.2) is 12.3 Å². The summed E-state index contributed by atoms with van der Waals surface area (Å²) >= 11 is 0. The average Bonchev–Trinajstić information content (AvgIpc) is 3.08. The minimum absolute atomic E-state index is 0.113. The fraction of sp³-hybridized carbons (Fsp3) is 0.696. The Morgan fingerprint density at radius 1 is 1.22 bits per heavy atom. The van der Waals surface area contributed by atoms with Gasteiger partial charge in [-0.2, -0.15) is 0 Å². The lowest BCUT2D eigenvalue weighted by Gasteiger charge is -2.42. The van der Waals surface area contributed by atoms with E-state index in [1.54, 1.807) is 34.9 Å². The minimum Gasteiger partial charge on any atom is -0.450 e. The lowest BCUT2D eigenvalue weighted by atomic mass is 9.74. The van der Waals surface area contributed by atoms with E-state index < -0.39 is 0 Å². The smallest absolute Gasteiger partial charge is 0.409 e. The number of piperidine rings is 2. The number of likely N-dealkylation sites (tertiary alicyclic amines) is 2. The van der Waals surface area contributed by atoms with E-state index in [0.717, 1.165) is 64.0 Å². The van der Waals surface area contributed by atoms with Gasteiger partial charge >= 0.3 is 12.1 Å². The van der Waals surface area contributed by atoms with Crippen LogP contribution in [0.1, 0.15) is 38.2 Å². The standard InChI is InChI=1S/C23H34FN5O3/c1-4-32-22(31)28-9-5-17(6-10-28)15-27-11-7-23(8-12-27)16-29(21(30)26(2)3)20-19(23)13-18(24)14-25-20/h13-14,17H,4-12,15-16H2,1-3H3. The molecule has 1 aromatic heterocycles. The molecule has 3 aliphatic rings. The van der Waals surface area contributed by atoms with Crippen molar-refractivity contribution in [1.82, 2.24) is 19.7 Å². The Hall–Kier alpha value is -2.42. The molecular formula is C23H34FN5O3. The molecule has 0 unspecified atom stereocenters. The Labute approximate surface area is 189 Å². The summed E-state index contributed by atoms with van der Waals surface area (Å²) in [6.45, 7) is 7.15. The summed E-state index contributed by atoms with van der Waals surface area (Å²) in [4.78, 5) is 36.5. The second-order valence-electron chi connectivity index (χ2n) is 9.50. The molecule has 8 nitrogen and oxygen atoms in total. The number of anilines is 1. The molecule has 0 bridgehead atoms. The van der Waals surface area contributed by atoms with Crippen molar-refractivity contribution in [2.75, 3.05) is 64.9 Å². The maximum absolute atomic E-state index is 14.1. The van der Waals surface area contributed by atoms with Crippen molar-refractivity contribution in [1.29, 1.82) is 0 Å². The summed E-state index contributed by atoms with van der Waals surface area (Å²) in [6.07, 6.45) is 4.73. The number of rotatable bonds is 3. The van der Waals surface area contributed by atoms with Crippen LogP contribution in [0, 0.1) is 11.7 Å². The van der Waals surface area contributed by atoms with Crippen LogP contribution >= 0.6 is 0 Å². The van der Waals surface area contributed by atoms with Gasteiger partial charge in [0.05, 0.1) is 12.8 Å². The summed E-state index contributed by atoms with van der Waals surface area (Å²) < 4.78 is 19.2. The highest BCUT2D eigenvalue weighted by atomic mass is 19.1. The van der Waals surface area contributed by atoms with Crippen molar-refractivity contribution in [3.8, 4) is 0 Å². The fourth-order valence-electron chi connectivity index (χ4n) is 5.37. The zero-order valence-corrected chi connectivity index (χ0v) is 19.3. The molecule has 0 atom stereocenters. The van der Waals surface area contributed by atoms with Gasteiger partial charge in [0.15, 0.2) is 0 Å². The van der Waals surface area contributed by atoms with Crippen LogP contribution in [0.5, 0.6) is 0 Å². The molecule has 2 saturated heterocycles.